The van der Waals surface area contributed by atoms with Crippen LogP contribution in [0.2, 0.25) is 0 Å². The van der Waals surface area contributed by atoms with Gasteiger partial charge >= 0.3 is 58.9 Å². The molecule has 0 amide bonds. The summed E-state index contributed by atoms with van der Waals surface area (Å²) in [6.07, 6.45) is 0.535. The molecule has 0 radical (unpaired) electrons. The van der Waals surface area contributed by atoms with Gasteiger partial charge in [-0.05, 0) is 0 Å². The molecule has 0 heterocycles. The predicted octanol–water partition coefficient (Wildman–Crippen LogP) is -0.574. The Hall–Kier alpha value is 0.230. The van der Waals surface area contributed by atoms with E-state index in [-0.39, 0.29) is 6.61 Å². The summed E-state index contributed by atoms with van der Waals surface area (Å²) in [7, 11) is -2.73. The van der Waals surface area contributed by atoms with Crippen molar-refractivity contribution in [3.8, 4) is 0 Å². The first-order valence-electron chi connectivity index (χ1n) is 2.86. The third-order valence-electron chi connectivity index (χ3n) is 0.789. The zero-order chi connectivity index (χ0) is 8.04. The molecule has 0 unspecified atom stereocenters. The summed E-state index contributed by atoms with van der Waals surface area (Å²) in [5.41, 5.74) is 0. The van der Waals surface area contributed by atoms with Crippen LogP contribution >= 0.6 is 8.17 Å². The summed E-state index contributed by atoms with van der Waals surface area (Å²) < 4.78 is 8.90. The quantitative estimate of drug-likeness (QED) is 0.382. The van der Waals surface area contributed by atoms with Gasteiger partial charge in [0.15, 0.2) is 0 Å². The van der Waals surface area contributed by atoms with E-state index in [1.165, 1.54) is 7.11 Å². The summed E-state index contributed by atoms with van der Waals surface area (Å²) in [5.74, 6) is 0. The molecule has 10 heavy (non-hydrogen) atoms. The van der Waals surface area contributed by atoms with Gasteiger partial charge in [0.2, 0.25) is 0 Å². The summed E-state index contributed by atoms with van der Waals surface area (Å²) in [5, 5.41) is 0. The molecule has 0 fully saturated rings. The number of hydrogen-bond acceptors (Lipinski definition) is 5. The minimum absolute atomic E-state index is 0.101. The molecule has 6 heteroatoms. The van der Waals surface area contributed by atoms with Crippen molar-refractivity contribution in [3.63, 3.8) is 0 Å². The van der Waals surface area contributed by atoms with Crippen molar-refractivity contribution >= 4 is 8.17 Å². The van der Waals surface area contributed by atoms with Gasteiger partial charge in [0.1, 0.15) is 0 Å². The van der Waals surface area contributed by atoms with E-state index in [0.717, 1.165) is 0 Å². The van der Waals surface area contributed by atoms with E-state index >= 15 is 0 Å². The molecule has 0 aliphatic heterocycles. The SMILES string of the molecule is COCCCO[PH](O)(O)O. The molecule has 0 saturated carbocycles. The molecule has 3 N–H and O–H groups in total. The van der Waals surface area contributed by atoms with Crippen LogP contribution < -0.4 is 0 Å². The number of methoxy groups -OCH3 is 1. The summed E-state index contributed by atoms with van der Waals surface area (Å²) in [6.45, 7) is 0.577. The number of hydrogen-bond donors (Lipinski definition) is 3. The molecule has 0 rings (SSSR count). The first-order valence-corrected chi connectivity index (χ1v) is 4.61. The monoisotopic (exact) mass is 172 g/mol. The topological polar surface area (TPSA) is 79.2 Å². The zero-order valence-electron chi connectivity index (χ0n) is 5.78. The molecule has 0 aliphatic carbocycles. The third kappa shape index (κ3) is 8.23. The van der Waals surface area contributed by atoms with Gasteiger partial charge in [-0.3, -0.25) is 0 Å². The van der Waals surface area contributed by atoms with E-state index in [1.807, 2.05) is 0 Å². The van der Waals surface area contributed by atoms with Gasteiger partial charge in [-0.15, -0.1) is 0 Å². The van der Waals surface area contributed by atoms with Gasteiger partial charge in [0.05, 0.1) is 0 Å². The average Bonchev–Trinajstić information content (AvgIpc) is 1.78. The Labute approximate surface area is 59.9 Å². The Balaban J connectivity index is 3.04. The van der Waals surface area contributed by atoms with Crippen LogP contribution in [-0.4, -0.2) is 35.0 Å². The normalized spacial score (nSPS) is 13.6. The second-order valence-electron chi connectivity index (χ2n) is 1.77. The second kappa shape index (κ2) is 4.96. The van der Waals surface area contributed by atoms with Crippen LogP contribution in [0.15, 0.2) is 0 Å². The third-order valence-corrected chi connectivity index (χ3v) is 1.38. The maximum atomic E-state index is 8.30. The van der Waals surface area contributed by atoms with E-state index in [4.69, 9.17) is 14.7 Å². The molecule has 64 valence electrons. The summed E-state index contributed by atoms with van der Waals surface area (Å²) in [6, 6.07) is 0. The van der Waals surface area contributed by atoms with Crippen LogP contribution in [0.1, 0.15) is 6.42 Å². The van der Waals surface area contributed by atoms with Crippen molar-refractivity contribution in [2.75, 3.05) is 20.3 Å². The van der Waals surface area contributed by atoms with Crippen molar-refractivity contribution in [1.82, 2.24) is 0 Å². The van der Waals surface area contributed by atoms with Gasteiger partial charge in [0, 0.05) is 0 Å². The maximum absolute atomic E-state index is 8.30. The Morgan fingerprint density at radius 2 is 1.80 bits per heavy atom. The van der Waals surface area contributed by atoms with Crippen molar-refractivity contribution < 1.29 is 23.9 Å². The van der Waals surface area contributed by atoms with Crippen molar-refractivity contribution in [3.05, 3.63) is 0 Å². The van der Waals surface area contributed by atoms with E-state index in [0.29, 0.717) is 13.0 Å². The van der Waals surface area contributed by atoms with Crippen LogP contribution in [0.25, 0.3) is 0 Å². The molecule has 0 aromatic heterocycles. The molecule has 5 nitrogen and oxygen atoms in total. The van der Waals surface area contributed by atoms with Gasteiger partial charge in [-0.2, -0.15) is 0 Å². The van der Waals surface area contributed by atoms with E-state index in [2.05, 4.69) is 9.26 Å². The first kappa shape index (κ1) is 10.2. The fourth-order valence-corrected chi connectivity index (χ4v) is 0.831. The van der Waals surface area contributed by atoms with Crippen LogP contribution in [0.4, 0.5) is 0 Å². The van der Waals surface area contributed by atoms with Gasteiger partial charge < -0.3 is 0 Å². The zero-order valence-corrected chi connectivity index (χ0v) is 6.78. The Kier molecular flexibility index (Phi) is 5.07. The molecule has 0 aromatic rings. The van der Waals surface area contributed by atoms with Gasteiger partial charge in [0.25, 0.3) is 0 Å². The van der Waals surface area contributed by atoms with Crippen molar-refractivity contribution in [2.45, 2.75) is 6.42 Å². The molecule has 0 bridgehead atoms. The molecule has 0 atom stereocenters. The Bertz CT molecular complexity index is 80.2. The average molecular weight is 172 g/mol. The second-order valence-corrected chi connectivity index (χ2v) is 3.21. The summed E-state index contributed by atoms with van der Waals surface area (Å²) >= 11 is 0. The van der Waals surface area contributed by atoms with Gasteiger partial charge in [-0.25, -0.2) is 0 Å². The molecule has 0 spiro atoms. The molecular formula is C4H13O5P. The number of ether oxygens (including phenoxy) is 1. The van der Waals surface area contributed by atoms with Crippen LogP contribution in [0, 0.1) is 0 Å². The van der Waals surface area contributed by atoms with Crippen LogP contribution in [0.3, 0.4) is 0 Å². The van der Waals surface area contributed by atoms with Crippen LogP contribution in [0.5, 0.6) is 0 Å². The minimum atomic E-state index is -4.26. The molecule has 0 aromatic carbocycles. The Morgan fingerprint density at radius 3 is 2.20 bits per heavy atom. The Morgan fingerprint density at radius 1 is 1.20 bits per heavy atom. The summed E-state index contributed by atoms with van der Waals surface area (Å²) in [4.78, 5) is 24.9. The predicted molar refractivity (Wildman–Crippen MR) is 37.4 cm³/mol. The van der Waals surface area contributed by atoms with E-state index < -0.39 is 8.17 Å². The first-order chi connectivity index (χ1) is 4.56. The van der Waals surface area contributed by atoms with Crippen LogP contribution in [-0.2, 0) is 9.26 Å². The molecule has 0 aliphatic rings. The fourth-order valence-electron chi connectivity index (χ4n) is 0.412. The van der Waals surface area contributed by atoms with E-state index in [9.17, 15) is 0 Å². The van der Waals surface area contributed by atoms with Gasteiger partial charge in [-0.1, -0.05) is 0 Å². The number of rotatable bonds is 5. The van der Waals surface area contributed by atoms with E-state index in [1.54, 1.807) is 0 Å². The van der Waals surface area contributed by atoms with Crippen molar-refractivity contribution in [1.29, 1.82) is 0 Å². The standard InChI is InChI=1S/C4H13O5P/c1-8-3-2-4-9-10(5,6)7/h5-7,10H,2-4H2,1H3. The molecular weight excluding hydrogens is 159 g/mol. The molecule has 0 saturated heterocycles. The fraction of sp³-hybridized carbons (Fsp3) is 1.00. The van der Waals surface area contributed by atoms with Crippen molar-refractivity contribution in [2.24, 2.45) is 0 Å².